The van der Waals surface area contributed by atoms with Crippen molar-refractivity contribution in [2.75, 3.05) is 33.0 Å². The zero-order valence-electron chi connectivity index (χ0n) is 17.8. The molecule has 1 N–H and O–H groups in total. The van der Waals surface area contributed by atoms with Crippen molar-refractivity contribution in [2.24, 2.45) is 23.2 Å². The van der Waals surface area contributed by atoms with Gasteiger partial charge in [-0.25, -0.2) is 6.57 Å². The summed E-state index contributed by atoms with van der Waals surface area (Å²) >= 11 is 0. The van der Waals surface area contributed by atoms with Crippen LogP contribution in [0.2, 0.25) is 0 Å². The van der Waals surface area contributed by atoms with Gasteiger partial charge in [0, 0.05) is 39.8 Å². The second-order valence-corrected chi connectivity index (χ2v) is 10.2. The van der Waals surface area contributed by atoms with Gasteiger partial charge < -0.3 is 19.6 Å². The Labute approximate surface area is 170 Å². The fourth-order valence-electron chi connectivity index (χ4n) is 6.16. The first-order valence-electron chi connectivity index (χ1n) is 11.2. The van der Waals surface area contributed by atoms with E-state index in [4.69, 9.17) is 16.0 Å². The minimum absolute atomic E-state index is 0.212. The van der Waals surface area contributed by atoms with Gasteiger partial charge in [0.05, 0.1) is 19.8 Å². The van der Waals surface area contributed by atoms with Gasteiger partial charge in [-0.3, -0.25) is 4.79 Å². The summed E-state index contributed by atoms with van der Waals surface area (Å²) < 4.78 is 11.1. The van der Waals surface area contributed by atoms with Gasteiger partial charge in [0.1, 0.15) is 0 Å². The minimum Gasteiger partial charge on any atom is -0.379 e. The lowest BCUT2D eigenvalue weighted by Gasteiger charge is -2.56. The molecule has 0 heterocycles. The highest BCUT2D eigenvalue weighted by Crippen LogP contribution is 2.61. The zero-order valence-corrected chi connectivity index (χ0v) is 17.8. The van der Waals surface area contributed by atoms with Gasteiger partial charge in [0.2, 0.25) is 11.4 Å². The monoisotopic (exact) mass is 390 g/mol. The first-order chi connectivity index (χ1) is 13.4. The van der Waals surface area contributed by atoms with Crippen LogP contribution in [0.25, 0.3) is 4.85 Å². The third-order valence-electron chi connectivity index (χ3n) is 7.02. The Bertz CT molecular complexity index is 531. The fourth-order valence-corrected chi connectivity index (χ4v) is 6.16. The van der Waals surface area contributed by atoms with Gasteiger partial charge in [0.25, 0.3) is 0 Å². The topological polar surface area (TPSA) is 51.9 Å². The lowest BCUT2D eigenvalue weighted by Crippen LogP contribution is -2.48. The van der Waals surface area contributed by atoms with E-state index in [9.17, 15) is 4.79 Å². The molecule has 4 bridgehead atoms. The van der Waals surface area contributed by atoms with Crippen LogP contribution < -0.4 is 5.32 Å². The number of rotatable bonds is 12. The molecule has 28 heavy (non-hydrogen) atoms. The van der Waals surface area contributed by atoms with E-state index < -0.39 is 0 Å². The van der Waals surface area contributed by atoms with E-state index in [-0.39, 0.29) is 11.4 Å². The number of nitrogens with zero attached hydrogens (tertiary/aromatic N) is 1. The van der Waals surface area contributed by atoms with Gasteiger partial charge in [-0.2, -0.15) is 0 Å². The van der Waals surface area contributed by atoms with Crippen molar-refractivity contribution in [3.05, 3.63) is 11.4 Å². The van der Waals surface area contributed by atoms with Crippen LogP contribution in [0.5, 0.6) is 0 Å². The quantitative estimate of drug-likeness (QED) is 0.401. The molecule has 0 saturated heterocycles. The first-order valence-corrected chi connectivity index (χ1v) is 11.2. The molecule has 4 aliphatic rings. The second kappa shape index (κ2) is 9.59. The van der Waals surface area contributed by atoms with Crippen molar-refractivity contribution in [2.45, 2.75) is 77.2 Å². The molecule has 0 aliphatic heterocycles. The average Bonchev–Trinajstić information content (AvgIpc) is 2.61. The minimum atomic E-state index is -0.283. The Morgan fingerprint density at radius 2 is 1.61 bits per heavy atom. The van der Waals surface area contributed by atoms with Gasteiger partial charge in [-0.05, 0) is 68.1 Å². The van der Waals surface area contributed by atoms with Gasteiger partial charge in [0.15, 0.2) is 0 Å². The summed E-state index contributed by atoms with van der Waals surface area (Å²) in [5.41, 5.74) is 0.0313. The number of amides is 1. The molecule has 158 valence electrons. The molecule has 0 aromatic rings. The highest BCUT2D eigenvalue weighted by Gasteiger charge is 2.51. The maximum absolute atomic E-state index is 12.4. The second-order valence-electron chi connectivity index (χ2n) is 10.2. The Hall–Kier alpha value is -1.12. The zero-order chi connectivity index (χ0) is 20.0. The molecule has 0 radical (unpaired) electrons. The van der Waals surface area contributed by atoms with E-state index in [1.165, 1.54) is 38.5 Å². The first kappa shape index (κ1) is 21.6. The van der Waals surface area contributed by atoms with Gasteiger partial charge >= 0.3 is 0 Å². The maximum atomic E-state index is 12.4. The van der Waals surface area contributed by atoms with Crippen molar-refractivity contribution >= 4 is 5.91 Å². The highest BCUT2D eigenvalue weighted by atomic mass is 16.5. The SMILES string of the molecule is [C-]#[N+]C(C)(C)CCCOCCOCCNC(=O)CC12CC3CC(CC(C3)C1)C2. The molecule has 4 fully saturated rings. The predicted molar refractivity (Wildman–Crippen MR) is 110 cm³/mol. The van der Waals surface area contributed by atoms with Crippen LogP contribution in [-0.2, 0) is 14.3 Å². The summed E-state index contributed by atoms with van der Waals surface area (Å²) in [6.45, 7) is 13.9. The lowest BCUT2D eigenvalue weighted by atomic mass is 9.49. The standard InChI is InChI=1S/C23H38N2O3/c1-22(2,24-3)5-4-7-27-9-10-28-8-6-25-21(26)17-23-14-18-11-19(15-23)13-20(12-18)16-23/h18-20H,4-17H2,1-2H3,(H,25,26). The summed E-state index contributed by atoms with van der Waals surface area (Å²) in [6.07, 6.45) is 10.6. The number of ether oxygens (including phenoxy) is 2. The summed E-state index contributed by atoms with van der Waals surface area (Å²) in [5.74, 6) is 2.91. The molecular formula is C23H38N2O3. The highest BCUT2D eigenvalue weighted by molar-refractivity contribution is 5.76. The number of hydrogen-bond donors (Lipinski definition) is 1. The van der Waals surface area contributed by atoms with Gasteiger partial charge in [-0.1, -0.05) is 0 Å². The fraction of sp³-hybridized carbons (Fsp3) is 0.913. The molecule has 0 aromatic heterocycles. The number of hydrogen-bond acceptors (Lipinski definition) is 3. The van der Waals surface area contributed by atoms with E-state index in [2.05, 4.69) is 10.2 Å². The third-order valence-corrected chi connectivity index (χ3v) is 7.02. The molecule has 0 aromatic carbocycles. The van der Waals surface area contributed by atoms with E-state index in [1.54, 1.807) is 0 Å². The van der Waals surface area contributed by atoms with Crippen molar-refractivity contribution in [1.82, 2.24) is 5.32 Å². The molecule has 4 rings (SSSR count). The molecule has 0 atom stereocenters. The predicted octanol–water partition coefficient (Wildman–Crippen LogP) is 4.22. The van der Waals surface area contributed by atoms with Crippen LogP contribution >= 0.6 is 0 Å². The molecule has 4 saturated carbocycles. The Kier molecular flexibility index (Phi) is 7.39. The van der Waals surface area contributed by atoms with Crippen molar-refractivity contribution in [3.8, 4) is 0 Å². The summed E-state index contributed by atoms with van der Waals surface area (Å²) in [5, 5.41) is 3.06. The van der Waals surface area contributed by atoms with Crippen LogP contribution in [-0.4, -0.2) is 44.4 Å². The average molecular weight is 391 g/mol. The van der Waals surface area contributed by atoms with E-state index in [0.717, 1.165) is 37.0 Å². The number of carbonyl (C=O) groups is 1. The Morgan fingerprint density at radius 1 is 1.04 bits per heavy atom. The Morgan fingerprint density at radius 3 is 2.18 bits per heavy atom. The molecule has 0 spiro atoms. The molecule has 5 nitrogen and oxygen atoms in total. The third kappa shape index (κ3) is 6.19. The largest absolute Gasteiger partial charge is 0.379 e. The normalized spacial score (nSPS) is 31.0. The smallest absolute Gasteiger partial charge is 0.227 e. The van der Waals surface area contributed by atoms with Crippen LogP contribution in [0.4, 0.5) is 0 Å². The summed E-state index contributed by atoms with van der Waals surface area (Å²) in [4.78, 5) is 16.0. The molecular weight excluding hydrogens is 352 g/mol. The molecule has 5 heteroatoms. The maximum Gasteiger partial charge on any atom is 0.227 e. The molecule has 0 unspecified atom stereocenters. The Balaban J connectivity index is 1.18. The number of carbonyl (C=O) groups excluding carboxylic acids is 1. The lowest BCUT2D eigenvalue weighted by molar-refractivity contribution is -0.129. The van der Waals surface area contributed by atoms with Crippen LogP contribution in [0, 0.1) is 29.7 Å². The van der Waals surface area contributed by atoms with E-state index in [0.29, 0.717) is 38.4 Å². The van der Waals surface area contributed by atoms with E-state index in [1.807, 2.05) is 13.8 Å². The van der Waals surface area contributed by atoms with Crippen molar-refractivity contribution in [1.29, 1.82) is 0 Å². The van der Waals surface area contributed by atoms with Crippen LogP contribution in [0.1, 0.15) is 71.6 Å². The van der Waals surface area contributed by atoms with Crippen LogP contribution in [0.3, 0.4) is 0 Å². The number of nitrogens with one attached hydrogen (secondary N) is 1. The molecule has 4 aliphatic carbocycles. The van der Waals surface area contributed by atoms with E-state index >= 15 is 0 Å². The summed E-state index contributed by atoms with van der Waals surface area (Å²) in [6, 6.07) is 0. The summed E-state index contributed by atoms with van der Waals surface area (Å²) in [7, 11) is 0. The van der Waals surface area contributed by atoms with Crippen molar-refractivity contribution < 1.29 is 14.3 Å². The van der Waals surface area contributed by atoms with Gasteiger partial charge in [-0.15, -0.1) is 0 Å². The van der Waals surface area contributed by atoms with Crippen molar-refractivity contribution in [3.63, 3.8) is 0 Å². The molecule has 1 amide bonds. The van der Waals surface area contributed by atoms with Crippen LogP contribution in [0.15, 0.2) is 0 Å².